The third-order valence-corrected chi connectivity index (χ3v) is 5.94. The molecule has 9 heteroatoms. The summed E-state index contributed by atoms with van der Waals surface area (Å²) in [4.78, 5) is 12.6. The second-order valence-electron chi connectivity index (χ2n) is 7.93. The fourth-order valence-corrected chi connectivity index (χ4v) is 4.31. The predicted octanol–water partition coefficient (Wildman–Crippen LogP) is 5.39. The average molecular weight is 456 g/mol. The molecule has 0 spiro atoms. The van der Waals surface area contributed by atoms with Gasteiger partial charge in [-0.05, 0) is 29.2 Å². The van der Waals surface area contributed by atoms with E-state index in [0.717, 1.165) is 29.2 Å². The Morgan fingerprint density at radius 1 is 1.19 bits per heavy atom. The van der Waals surface area contributed by atoms with Crippen molar-refractivity contribution in [2.75, 3.05) is 5.32 Å². The Morgan fingerprint density at radius 3 is 2.75 bits per heavy atom. The average Bonchev–Trinajstić information content (AvgIpc) is 3.42. The van der Waals surface area contributed by atoms with Gasteiger partial charge in [-0.1, -0.05) is 54.1 Å². The summed E-state index contributed by atoms with van der Waals surface area (Å²) in [7, 11) is 0. The fourth-order valence-electron chi connectivity index (χ4n) is 3.94. The highest BCUT2D eigenvalue weighted by Gasteiger charge is 2.34. The molecule has 1 amide bonds. The van der Waals surface area contributed by atoms with Gasteiger partial charge in [-0.25, -0.2) is 8.78 Å². The first kappa shape index (κ1) is 20.6. The maximum Gasteiger partial charge on any atom is 0.283 e. The lowest BCUT2D eigenvalue weighted by molar-refractivity contribution is -0.117. The van der Waals surface area contributed by atoms with Crippen molar-refractivity contribution in [2.24, 2.45) is 0 Å². The SMILES string of the molecule is O=C(Cn1nc(C(F)F)c(Cl)c1C1CC1)Nc1cnn(Cc2cccc3ccccc23)c1. The van der Waals surface area contributed by atoms with E-state index in [1.165, 1.54) is 4.68 Å². The molecule has 0 unspecified atom stereocenters. The summed E-state index contributed by atoms with van der Waals surface area (Å²) in [6.45, 7) is 0.363. The van der Waals surface area contributed by atoms with Crippen LogP contribution >= 0.6 is 11.6 Å². The quantitative estimate of drug-likeness (QED) is 0.406. The number of aromatic nitrogens is 4. The van der Waals surface area contributed by atoms with E-state index in [1.807, 2.05) is 24.3 Å². The molecule has 0 aliphatic heterocycles. The van der Waals surface area contributed by atoms with Gasteiger partial charge in [0.25, 0.3) is 6.43 Å². The molecule has 2 aromatic heterocycles. The minimum atomic E-state index is -2.78. The first-order valence-electron chi connectivity index (χ1n) is 10.3. The summed E-state index contributed by atoms with van der Waals surface area (Å²) in [5.41, 5.74) is 1.69. The van der Waals surface area contributed by atoms with Crippen LogP contribution in [0.25, 0.3) is 10.8 Å². The van der Waals surface area contributed by atoms with Crippen molar-refractivity contribution in [3.63, 3.8) is 0 Å². The van der Waals surface area contributed by atoms with Gasteiger partial charge in [0.05, 0.1) is 29.1 Å². The molecular weight excluding hydrogens is 436 g/mol. The molecule has 1 fully saturated rings. The third-order valence-electron chi connectivity index (χ3n) is 5.55. The molecule has 0 atom stereocenters. The number of hydrogen-bond acceptors (Lipinski definition) is 3. The van der Waals surface area contributed by atoms with E-state index >= 15 is 0 Å². The Kier molecular flexibility index (Phi) is 5.38. The zero-order valence-corrected chi connectivity index (χ0v) is 17.8. The van der Waals surface area contributed by atoms with Crippen LogP contribution in [0.15, 0.2) is 54.9 Å². The van der Waals surface area contributed by atoms with Crippen LogP contribution in [0.3, 0.4) is 0 Å². The van der Waals surface area contributed by atoms with Gasteiger partial charge in [-0.15, -0.1) is 0 Å². The van der Waals surface area contributed by atoms with E-state index in [4.69, 9.17) is 11.6 Å². The summed E-state index contributed by atoms with van der Waals surface area (Å²) >= 11 is 6.12. The van der Waals surface area contributed by atoms with Crippen LogP contribution in [-0.2, 0) is 17.9 Å². The lowest BCUT2D eigenvalue weighted by Crippen LogP contribution is -2.20. The molecule has 5 rings (SSSR count). The number of alkyl halides is 2. The maximum atomic E-state index is 13.2. The molecule has 2 aromatic carbocycles. The highest BCUT2D eigenvalue weighted by Crippen LogP contribution is 2.45. The number of anilines is 1. The van der Waals surface area contributed by atoms with Crippen molar-refractivity contribution in [3.05, 3.63) is 76.8 Å². The van der Waals surface area contributed by atoms with Crippen molar-refractivity contribution in [1.29, 1.82) is 0 Å². The van der Waals surface area contributed by atoms with Gasteiger partial charge in [0.15, 0.2) is 0 Å². The number of carbonyl (C=O) groups excluding carboxylic acids is 1. The van der Waals surface area contributed by atoms with E-state index in [2.05, 4.69) is 33.7 Å². The van der Waals surface area contributed by atoms with Crippen molar-refractivity contribution in [1.82, 2.24) is 19.6 Å². The number of nitrogens with one attached hydrogen (secondary N) is 1. The Labute approximate surface area is 187 Å². The molecule has 164 valence electrons. The van der Waals surface area contributed by atoms with Crippen LogP contribution in [0.4, 0.5) is 14.5 Å². The lowest BCUT2D eigenvalue weighted by Gasteiger charge is -2.07. The second-order valence-corrected chi connectivity index (χ2v) is 8.31. The standard InChI is InChI=1S/C23H20ClF2N5O/c24-20-21(23(25)26)29-31(22(20)15-8-9-15)13-19(32)28-17-10-27-30(12-17)11-16-6-3-5-14-4-1-2-7-18(14)16/h1-7,10,12,15,23H,8-9,11,13H2,(H,28,32). The van der Waals surface area contributed by atoms with Crippen LogP contribution < -0.4 is 5.32 Å². The van der Waals surface area contributed by atoms with Gasteiger partial charge in [0, 0.05) is 12.1 Å². The van der Waals surface area contributed by atoms with Crippen LogP contribution in [0.5, 0.6) is 0 Å². The van der Waals surface area contributed by atoms with Gasteiger partial charge in [0.1, 0.15) is 12.2 Å². The number of halogens is 3. The van der Waals surface area contributed by atoms with E-state index < -0.39 is 12.1 Å². The Morgan fingerprint density at radius 2 is 1.97 bits per heavy atom. The van der Waals surface area contributed by atoms with E-state index in [1.54, 1.807) is 17.1 Å². The number of fused-ring (bicyclic) bond motifs is 1. The van der Waals surface area contributed by atoms with E-state index in [9.17, 15) is 13.6 Å². The fraction of sp³-hybridized carbons (Fsp3) is 0.261. The van der Waals surface area contributed by atoms with Gasteiger partial charge >= 0.3 is 0 Å². The zero-order chi connectivity index (χ0) is 22.2. The van der Waals surface area contributed by atoms with Gasteiger partial charge < -0.3 is 5.32 Å². The number of amides is 1. The molecule has 1 N–H and O–H groups in total. The molecule has 1 aliphatic carbocycles. The van der Waals surface area contributed by atoms with Crippen LogP contribution in [0, 0.1) is 0 Å². The Bertz CT molecular complexity index is 1290. The second kappa shape index (κ2) is 8.35. The van der Waals surface area contributed by atoms with Crippen molar-refractivity contribution < 1.29 is 13.6 Å². The smallest absolute Gasteiger partial charge is 0.283 e. The molecule has 4 aromatic rings. The minimum Gasteiger partial charge on any atom is -0.322 e. The topological polar surface area (TPSA) is 64.7 Å². The molecule has 6 nitrogen and oxygen atoms in total. The van der Waals surface area contributed by atoms with Gasteiger partial charge in [-0.2, -0.15) is 10.2 Å². The number of nitrogens with zero attached hydrogens (tertiary/aromatic N) is 4. The highest BCUT2D eigenvalue weighted by atomic mass is 35.5. The van der Waals surface area contributed by atoms with Crippen molar-refractivity contribution in [2.45, 2.75) is 38.3 Å². The molecule has 0 radical (unpaired) electrons. The monoisotopic (exact) mass is 455 g/mol. The number of hydrogen-bond donors (Lipinski definition) is 1. The highest BCUT2D eigenvalue weighted by molar-refractivity contribution is 6.32. The van der Waals surface area contributed by atoms with Crippen molar-refractivity contribution in [3.8, 4) is 0 Å². The zero-order valence-electron chi connectivity index (χ0n) is 17.0. The molecule has 0 saturated heterocycles. The third kappa shape index (κ3) is 4.10. The summed E-state index contributed by atoms with van der Waals surface area (Å²) in [6.07, 6.45) is 2.23. The first-order valence-corrected chi connectivity index (χ1v) is 10.7. The molecule has 2 heterocycles. The summed E-state index contributed by atoms with van der Waals surface area (Å²) in [6, 6.07) is 14.2. The molecule has 0 bridgehead atoms. The molecule has 32 heavy (non-hydrogen) atoms. The van der Waals surface area contributed by atoms with E-state index in [-0.39, 0.29) is 23.4 Å². The van der Waals surface area contributed by atoms with Crippen LogP contribution in [-0.4, -0.2) is 25.5 Å². The number of rotatable bonds is 7. The lowest BCUT2D eigenvalue weighted by atomic mass is 10.0. The summed E-state index contributed by atoms with van der Waals surface area (Å²) in [5, 5.41) is 13.3. The molecule has 1 aliphatic rings. The number of carbonyl (C=O) groups is 1. The predicted molar refractivity (Wildman–Crippen MR) is 118 cm³/mol. The van der Waals surface area contributed by atoms with E-state index in [0.29, 0.717) is 17.9 Å². The van der Waals surface area contributed by atoms with Gasteiger partial charge in [-0.3, -0.25) is 14.2 Å². The Hall–Kier alpha value is -3.26. The maximum absolute atomic E-state index is 13.2. The first-order chi connectivity index (χ1) is 15.5. The molecule has 1 saturated carbocycles. The summed E-state index contributed by atoms with van der Waals surface area (Å²) < 4.78 is 29.4. The molecular formula is C23H20ClF2N5O. The Balaban J connectivity index is 1.29. The normalized spacial score (nSPS) is 13.8. The summed E-state index contributed by atoms with van der Waals surface area (Å²) in [5.74, 6) is -0.296. The largest absolute Gasteiger partial charge is 0.322 e. The van der Waals surface area contributed by atoms with Crippen LogP contribution in [0.1, 0.15) is 42.1 Å². The van der Waals surface area contributed by atoms with Crippen molar-refractivity contribution >= 4 is 34.0 Å². The van der Waals surface area contributed by atoms with Crippen LogP contribution in [0.2, 0.25) is 5.02 Å². The van der Waals surface area contributed by atoms with Gasteiger partial charge in [0.2, 0.25) is 5.91 Å². The number of benzene rings is 2. The minimum absolute atomic E-state index is 0.0294.